The molecule has 1 heterocycles. The first-order valence-corrected chi connectivity index (χ1v) is 6.73. The van der Waals surface area contributed by atoms with Gasteiger partial charge < -0.3 is 15.2 Å². The quantitative estimate of drug-likeness (QED) is 0.875. The van der Waals surface area contributed by atoms with E-state index in [4.69, 9.17) is 4.74 Å². The highest BCUT2D eigenvalue weighted by Gasteiger charge is 2.42. The number of aliphatic carboxylic acids is 1. The summed E-state index contributed by atoms with van der Waals surface area (Å²) >= 11 is 0. The van der Waals surface area contributed by atoms with Crippen molar-refractivity contribution in [3.8, 4) is 0 Å². The molecule has 0 aliphatic carbocycles. The Balaban J connectivity index is 2.11. The molecule has 5 heteroatoms. The molecule has 0 radical (unpaired) electrons. The van der Waals surface area contributed by atoms with E-state index >= 15 is 0 Å². The Hall–Kier alpha value is -1.88. The smallest absolute Gasteiger partial charge is 0.329 e. The van der Waals surface area contributed by atoms with Crippen LogP contribution in [0.5, 0.6) is 0 Å². The minimum Gasteiger partial charge on any atom is -0.480 e. The van der Waals surface area contributed by atoms with Gasteiger partial charge in [0.1, 0.15) is 5.54 Å². The largest absolute Gasteiger partial charge is 0.480 e. The van der Waals surface area contributed by atoms with Gasteiger partial charge >= 0.3 is 5.97 Å². The number of nitrogens with one attached hydrogen (secondary N) is 1. The minimum absolute atomic E-state index is 0.263. The lowest BCUT2D eigenvalue weighted by Crippen LogP contribution is -2.58. The highest BCUT2D eigenvalue weighted by atomic mass is 16.5. The normalized spacial score (nSPS) is 19.1. The molecule has 1 fully saturated rings. The number of hydrogen-bond acceptors (Lipinski definition) is 3. The van der Waals surface area contributed by atoms with Crippen molar-refractivity contribution in [1.29, 1.82) is 0 Å². The van der Waals surface area contributed by atoms with Crippen LogP contribution in [-0.2, 0) is 14.3 Å². The SMILES string of the molecule is C[C@@H](C(=O)NC1(C(=O)O)CCOCC1)c1ccccc1. The molecule has 0 bridgehead atoms. The fraction of sp³-hybridized carbons (Fsp3) is 0.467. The second-order valence-electron chi connectivity index (χ2n) is 5.12. The molecule has 0 saturated carbocycles. The topological polar surface area (TPSA) is 75.6 Å². The summed E-state index contributed by atoms with van der Waals surface area (Å²) in [7, 11) is 0. The molecule has 0 aromatic heterocycles. The number of rotatable bonds is 4. The van der Waals surface area contributed by atoms with Crippen LogP contribution in [0.3, 0.4) is 0 Å². The Bertz CT molecular complexity index is 480. The summed E-state index contributed by atoms with van der Waals surface area (Å²) in [6.07, 6.45) is 0.602. The Kier molecular flexibility index (Phi) is 4.39. The highest BCUT2D eigenvalue weighted by Crippen LogP contribution is 2.23. The van der Waals surface area contributed by atoms with Gasteiger partial charge in [-0.15, -0.1) is 0 Å². The minimum atomic E-state index is -1.20. The molecule has 0 spiro atoms. The van der Waals surface area contributed by atoms with E-state index in [0.29, 0.717) is 26.1 Å². The lowest BCUT2D eigenvalue weighted by atomic mass is 9.88. The number of carbonyl (C=O) groups is 2. The third-order valence-electron chi connectivity index (χ3n) is 3.81. The fourth-order valence-corrected chi connectivity index (χ4v) is 2.35. The molecule has 0 unspecified atom stereocenters. The third kappa shape index (κ3) is 2.99. The summed E-state index contributed by atoms with van der Waals surface area (Å²) in [6.45, 7) is 2.48. The predicted octanol–water partition coefficient (Wildman–Crippen LogP) is 1.54. The molecule has 2 rings (SSSR count). The molecule has 5 nitrogen and oxygen atoms in total. The van der Waals surface area contributed by atoms with Gasteiger partial charge in [-0.1, -0.05) is 30.3 Å². The zero-order valence-electron chi connectivity index (χ0n) is 11.5. The molecule has 1 aliphatic heterocycles. The maximum atomic E-state index is 12.3. The predicted molar refractivity (Wildman–Crippen MR) is 73.4 cm³/mol. The summed E-state index contributed by atoms with van der Waals surface area (Å²) in [6, 6.07) is 9.33. The second kappa shape index (κ2) is 6.05. The molecule has 108 valence electrons. The molecule has 1 aromatic rings. The van der Waals surface area contributed by atoms with Crippen molar-refractivity contribution in [2.24, 2.45) is 0 Å². The highest BCUT2D eigenvalue weighted by molar-refractivity contribution is 5.90. The average molecular weight is 277 g/mol. The first-order valence-electron chi connectivity index (χ1n) is 6.73. The van der Waals surface area contributed by atoms with Crippen LogP contribution in [0.15, 0.2) is 30.3 Å². The van der Waals surface area contributed by atoms with Crippen molar-refractivity contribution in [1.82, 2.24) is 5.32 Å². The van der Waals surface area contributed by atoms with E-state index in [2.05, 4.69) is 5.32 Å². The van der Waals surface area contributed by atoms with Gasteiger partial charge in [0.15, 0.2) is 0 Å². The zero-order chi connectivity index (χ0) is 14.6. The number of ether oxygens (including phenoxy) is 1. The van der Waals surface area contributed by atoms with Crippen LogP contribution < -0.4 is 5.32 Å². The van der Waals surface area contributed by atoms with Gasteiger partial charge in [0.2, 0.25) is 5.91 Å². The van der Waals surface area contributed by atoms with Crippen LogP contribution in [0.25, 0.3) is 0 Å². The van der Waals surface area contributed by atoms with Gasteiger partial charge in [-0.25, -0.2) is 4.79 Å². The Labute approximate surface area is 117 Å². The second-order valence-corrected chi connectivity index (χ2v) is 5.12. The maximum Gasteiger partial charge on any atom is 0.329 e. The molecule has 1 aliphatic rings. The third-order valence-corrected chi connectivity index (χ3v) is 3.81. The number of carboxylic acids is 1. The molecule has 2 N–H and O–H groups in total. The lowest BCUT2D eigenvalue weighted by Gasteiger charge is -2.34. The lowest BCUT2D eigenvalue weighted by molar-refractivity contribution is -0.152. The Morgan fingerprint density at radius 3 is 2.40 bits per heavy atom. The van der Waals surface area contributed by atoms with Gasteiger partial charge in [-0.2, -0.15) is 0 Å². The Morgan fingerprint density at radius 1 is 1.25 bits per heavy atom. The molecule has 20 heavy (non-hydrogen) atoms. The van der Waals surface area contributed by atoms with E-state index in [1.54, 1.807) is 6.92 Å². The van der Waals surface area contributed by atoms with Crippen LogP contribution >= 0.6 is 0 Å². The van der Waals surface area contributed by atoms with Crippen LogP contribution in [0.1, 0.15) is 31.2 Å². The van der Waals surface area contributed by atoms with Crippen LogP contribution in [-0.4, -0.2) is 35.7 Å². The van der Waals surface area contributed by atoms with Crippen LogP contribution in [0.4, 0.5) is 0 Å². The van der Waals surface area contributed by atoms with Crippen LogP contribution in [0, 0.1) is 0 Å². The molecule has 1 saturated heterocycles. The zero-order valence-corrected chi connectivity index (χ0v) is 11.5. The summed E-state index contributed by atoms with van der Waals surface area (Å²) in [5, 5.41) is 12.1. The van der Waals surface area contributed by atoms with Crippen molar-refractivity contribution in [2.75, 3.05) is 13.2 Å². The van der Waals surface area contributed by atoms with Gasteiger partial charge in [0.25, 0.3) is 0 Å². The summed E-state index contributed by atoms with van der Waals surface area (Å²) in [4.78, 5) is 23.8. The van der Waals surface area contributed by atoms with Gasteiger partial charge in [-0.05, 0) is 12.5 Å². The van der Waals surface area contributed by atoms with E-state index in [1.807, 2.05) is 30.3 Å². The van der Waals surface area contributed by atoms with Gasteiger partial charge in [0, 0.05) is 26.1 Å². The first kappa shape index (κ1) is 14.5. The molecular formula is C15H19NO4. The number of benzene rings is 1. The van der Waals surface area contributed by atoms with Gasteiger partial charge in [-0.3, -0.25) is 4.79 Å². The summed E-state index contributed by atoms with van der Waals surface area (Å²) in [5.41, 5.74) is -0.323. The average Bonchev–Trinajstić information content (AvgIpc) is 2.48. The maximum absolute atomic E-state index is 12.3. The molecule has 1 amide bonds. The van der Waals surface area contributed by atoms with Gasteiger partial charge in [0.05, 0.1) is 5.92 Å². The van der Waals surface area contributed by atoms with E-state index in [1.165, 1.54) is 0 Å². The summed E-state index contributed by atoms with van der Waals surface area (Å²) < 4.78 is 5.19. The van der Waals surface area contributed by atoms with E-state index in [0.717, 1.165) is 5.56 Å². The van der Waals surface area contributed by atoms with Crippen molar-refractivity contribution in [3.05, 3.63) is 35.9 Å². The standard InChI is InChI=1S/C15H19NO4/c1-11(12-5-3-2-4-6-12)13(17)16-15(14(18)19)7-9-20-10-8-15/h2-6,11H,7-10H2,1H3,(H,16,17)(H,18,19)/t11-/m1/s1. The fourth-order valence-electron chi connectivity index (χ4n) is 2.35. The molecule has 1 atom stereocenters. The number of hydrogen-bond donors (Lipinski definition) is 2. The monoisotopic (exact) mass is 277 g/mol. The molecule has 1 aromatic carbocycles. The van der Waals surface area contributed by atoms with E-state index < -0.39 is 11.5 Å². The first-order chi connectivity index (χ1) is 9.55. The Morgan fingerprint density at radius 2 is 1.85 bits per heavy atom. The number of carboxylic acid groups (broad SMARTS) is 1. The number of amides is 1. The van der Waals surface area contributed by atoms with Crippen LogP contribution in [0.2, 0.25) is 0 Å². The number of carbonyl (C=O) groups excluding carboxylic acids is 1. The van der Waals surface area contributed by atoms with Crippen molar-refractivity contribution in [2.45, 2.75) is 31.2 Å². The summed E-state index contributed by atoms with van der Waals surface area (Å²) in [5.74, 6) is -1.63. The van der Waals surface area contributed by atoms with E-state index in [9.17, 15) is 14.7 Å². The van der Waals surface area contributed by atoms with Crippen molar-refractivity contribution >= 4 is 11.9 Å². The van der Waals surface area contributed by atoms with Crippen molar-refractivity contribution in [3.63, 3.8) is 0 Å². The molecular weight excluding hydrogens is 258 g/mol. The van der Waals surface area contributed by atoms with E-state index in [-0.39, 0.29) is 11.8 Å². The van der Waals surface area contributed by atoms with Crippen molar-refractivity contribution < 1.29 is 19.4 Å².